The van der Waals surface area contributed by atoms with Gasteiger partial charge in [0.1, 0.15) is 5.82 Å². The third-order valence-corrected chi connectivity index (χ3v) is 3.77. The van der Waals surface area contributed by atoms with Crippen LogP contribution in [0.1, 0.15) is 24.2 Å². The minimum Gasteiger partial charge on any atom is -0.354 e. The van der Waals surface area contributed by atoms with Crippen molar-refractivity contribution >= 4 is 16.9 Å². The van der Waals surface area contributed by atoms with E-state index in [1.54, 1.807) is 0 Å². The highest BCUT2D eigenvalue weighted by Crippen LogP contribution is 2.48. The number of H-pyrrole nitrogens is 1. The topological polar surface area (TPSA) is 83.8 Å². The lowest BCUT2D eigenvalue weighted by atomic mass is 9.94. The van der Waals surface area contributed by atoms with Gasteiger partial charge in [-0.1, -0.05) is 6.07 Å². The molecule has 1 aromatic heterocycles. The van der Waals surface area contributed by atoms with Crippen LogP contribution in [-0.2, 0) is 10.2 Å². The number of benzene rings is 1. The van der Waals surface area contributed by atoms with Crippen molar-refractivity contribution in [3.63, 3.8) is 0 Å². The van der Waals surface area contributed by atoms with Crippen LogP contribution in [0.4, 0.5) is 0 Å². The van der Waals surface area contributed by atoms with Crippen LogP contribution in [0.25, 0.3) is 11.0 Å². The Hall–Kier alpha value is -1.88. The van der Waals surface area contributed by atoms with Crippen LogP contribution in [0.3, 0.4) is 0 Å². The summed E-state index contributed by atoms with van der Waals surface area (Å²) < 4.78 is 0. The zero-order chi connectivity index (χ0) is 13.5. The normalized spacial score (nSPS) is 16.5. The van der Waals surface area contributed by atoms with Crippen molar-refractivity contribution in [2.24, 2.45) is 5.73 Å². The Labute approximate surface area is 111 Å². The van der Waals surface area contributed by atoms with E-state index < -0.39 is 0 Å². The summed E-state index contributed by atoms with van der Waals surface area (Å²) >= 11 is 0. The van der Waals surface area contributed by atoms with Crippen molar-refractivity contribution in [3.8, 4) is 0 Å². The molecule has 2 aromatic rings. The molecule has 0 bridgehead atoms. The van der Waals surface area contributed by atoms with Gasteiger partial charge in [-0.05, 0) is 37.5 Å². The van der Waals surface area contributed by atoms with Crippen molar-refractivity contribution in [1.29, 1.82) is 0 Å². The van der Waals surface area contributed by atoms with Gasteiger partial charge in [0.05, 0.1) is 16.4 Å². The average molecular weight is 258 g/mol. The molecule has 1 aliphatic rings. The predicted molar refractivity (Wildman–Crippen MR) is 73.8 cm³/mol. The van der Waals surface area contributed by atoms with Crippen molar-refractivity contribution in [3.05, 3.63) is 29.6 Å². The summed E-state index contributed by atoms with van der Waals surface area (Å²) in [7, 11) is 0. The number of rotatable bonds is 4. The summed E-state index contributed by atoms with van der Waals surface area (Å²) in [6, 6.07) is 6.03. The molecule has 100 valence electrons. The van der Waals surface area contributed by atoms with Crippen molar-refractivity contribution in [2.45, 2.75) is 25.2 Å². The van der Waals surface area contributed by atoms with E-state index in [-0.39, 0.29) is 11.3 Å². The van der Waals surface area contributed by atoms with E-state index in [1.165, 1.54) is 0 Å². The molecular formula is C14H18N4O. The molecule has 3 rings (SSSR count). The molecule has 1 aliphatic carbocycles. The van der Waals surface area contributed by atoms with Crippen LogP contribution in [0.5, 0.6) is 0 Å². The summed E-state index contributed by atoms with van der Waals surface area (Å²) in [5, 5.41) is 2.90. The molecule has 1 heterocycles. The first-order chi connectivity index (χ1) is 9.15. The second-order valence-corrected chi connectivity index (χ2v) is 5.18. The fourth-order valence-corrected chi connectivity index (χ4v) is 2.56. The zero-order valence-electron chi connectivity index (χ0n) is 11.0. The standard InChI is InChI=1S/C14H18N4O/c1-9-17-11-3-2-10(8-12(11)18-9)14(4-5-14)13(19)16-7-6-15/h2-3,8H,4-7,15H2,1H3,(H,16,19)(H,17,18). The number of fused-ring (bicyclic) bond motifs is 1. The van der Waals surface area contributed by atoms with Crippen LogP contribution in [-0.4, -0.2) is 29.0 Å². The zero-order valence-corrected chi connectivity index (χ0v) is 11.0. The molecule has 4 N–H and O–H groups in total. The molecule has 19 heavy (non-hydrogen) atoms. The largest absolute Gasteiger partial charge is 0.354 e. The van der Waals surface area contributed by atoms with E-state index in [9.17, 15) is 4.79 Å². The number of amides is 1. The molecule has 1 saturated carbocycles. The summed E-state index contributed by atoms with van der Waals surface area (Å²) in [4.78, 5) is 19.8. The van der Waals surface area contributed by atoms with E-state index in [1.807, 2.05) is 25.1 Å². The molecule has 1 aromatic carbocycles. The number of aryl methyl sites for hydroxylation is 1. The molecule has 1 amide bonds. The average Bonchev–Trinajstić information content (AvgIpc) is 3.12. The number of carbonyl (C=O) groups is 1. The van der Waals surface area contributed by atoms with Gasteiger partial charge < -0.3 is 16.0 Å². The number of carbonyl (C=O) groups excluding carboxylic acids is 1. The van der Waals surface area contributed by atoms with Gasteiger partial charge in [-0.25, -0.2) is 4.98 Å². The second kappa shape index (κ2) is 4.35. The summed E-state index contributed by atoms with van der Waals surface area (Å²) in [5.74, 6) is 0.984. The third kappa shape index (κ3) is 2.00. The highest BCUT2D eigenvalue weighted by Gasteiger charge is 2.51. The lowest BCUT2D eigenvalue weighted by Crippen LogP contribution is -2.37. The SMILES string of the molecule is Cc1nc2ccc(C3(C(=O)NCCN)CC3)cc2[nH]1. The maximum Gasteiger partial charge on any atom is 0.230 e. The van der Waals surface area contributed by atoms with Gasteiger partial charge in [0.15, 0.2) is 0 Å². The van der Waals surface area contributed by atoms with E-state index in [2.05, 4.69) is 15.3 Å². The maximum absolute atomic E-state index is 12.2. The molecule has 1 fully saturated rings. The quantitative estimate of drug-likeness (QED) is 0.764. The monoisotopic (exact) mass is 258 g/mol. The summed E-state index contributed by atoms with van der Waals surface area (Å²) in [6.07, 6.45) is 1.81. The van der Waals surface area contributed by atoms with Gasteiger partial charge >= 0.3 is 0 Å². The Bertz CT molecular complexity index is 627. The minimum absolute atomic E-state index is 0.0912. The third-order valence-electron chi connectivity index (χ3n) is 3.77. The van der Waals surface area contributed by atoms with Gasteiger partial charge in [0.2, 0.25) is 5.91 Å². The second-order valence-electron chi connectivity index (χ2n) is 5.18. The van der Waals surface area contributed by atoms with E-state index in [0.717, 1.165) is 35.3 Å². The molecule has 0 unspecified atom stereocenters. The van der Waals surface area contributed by atoms with Gasteiger partial charge in [-0.3, -0.25) is 4.79 Å². The van der Waals surface area contributed by atoms with E-state index in [0.29, 0.717) is 13.1 Å². The predicted octanol–water partition coefficient (Wildman–Crippen LogP) is 0.978. The number of nitrogens with zero attached hydrogens (tertiary/aromatic N) is 1. The molecule has 0 spiro atoms. The number of aromatic nitrogens is 2. The Morgan fingerprint density at radius 1 is 1.53 bits per heavy atom. The van der Waals surface area contributed by atoms with Crippen LogP contribution in [0.15, 0.2) is 18.2 Å². The molecule has 5 heteroatoms. The Kier molecular flexibility index (Phi) is 2.78. The molecular weight excluding hydrogens is 240 g/mol. The van der Waals surface area contributed by atoms with Crippen LogP contribution in [0.2, 0.25) is 0 Å². The lowest BCUT2D eigenvalue weighted by Gasteiger charge is -2.15. The number of nitrogens with one attached hydrogen (secondary N) is 2. The van der Waals surface area contributed by atoms with Gasteiger partial charge in [-0.2, -0.15) is 0 Å². The van der Waals surface area contributed by atoms with Crippen molar-refractivity contribution < 1.29 is 4.79 Å². The van der Waals surface area contributed by atoms with E-state index >= 15 is 0 Å². The highest BCUT2D eigenvalue weighted by molar-refractivity contribution is 5.92. The fourth-order valence-electron chi connectivity index (χ4n) is 2.56. The minimum atomic E-state index is -0.345. The first-order valence-corrected chi connectivity index (χ1v) is 6.61. The first-order valence-electron chi connectivity index (χ1n) is 6.61. The van der Waals surface area contributed by atoms with Crippen LogP contribution < -0.4 is 11.1 Å². The van der Waals surface area contributed by atoms with Gasteiger partial charge in [0.25, 0.3) is 0 Å². The molecule has 5 nitrogen and oxygen atoms in total. The Morgan fingerprint density at radius 3 is 3.00 bits per heavy atom. The van der Waals surface area contributed by atoms with Crippen LogP contribution >= 0.6 is 0 Å². The Morgan fingerprint density at radius 2 is 2.32 bits per heavy atom. The number of hydrogen-bond acceptors (Lipinski definition) is 3. The maximum atomic E-state index is 12.2. The summed E-state index contributed by atoms with van der Waals surface area (Å²) in [6.45, 7) is 2.94. The molecule has 0 atom stereocenters. The lowest BCUT2D eigenvalue weighted by molar-refractivity contribution is -0.123. The fraction of sp³-hybridized carbons (Fsp3) is 0.429. The van der Waals surface area contributed by atoms with Gasteiger partial charge in [-0.15, -0.1) is 0 Å². The highest BCUT2D eigenvalue weighted by atomic mass is 16.2. The van der Waals surface area contributed by atoms with E-state index in [4.69, 9.17) is 5.73 Å². The number of imidazole rings is 1. The number of hydrogen-bond donors (Lipinski definition) is 3. The smallest absolute Gasteiger partial charge is 0.230 e. The van der Waals surface area contributed by atoms with Crippen molar-refractivity contribution in [2.75, 3.05) is 13.1 Å². The van der Waals surface area contributed by atoms with Gasteiger partial charge in [0, 0.05) is 13.1 Å². The molecule has 0 radical (unpaired) electrons. The Balaban J connectivity index is 1.92. The molecule has 0 aliphatic heterocycles. The number of nitrogens with two attached hydrogens (primary N) is 1. The van der Waals surface area contributed by atoms with Crippen LogP contribution in [0, 0.1) is 6.92 Å². The van der Waals surface area contributed by atoms with Crippen molar-refractivity contribution in [1.82, 2.24) is 15.3 Å². The summed E-state index contributed by atoms with van der Waals surface area (Å²) in [5.41, 5.74) is 8.09. The molecule has 0 saturated heterocycles. The first kappa shape index (κ1) is 12.2. The number of aromatic amines is 1.